The first kappa shape index (κ1) is 21.6. The molecule has 3 fully saturated rings. The van der Waals surface area contributed by atoms with Gasteiger partial charge < -0.3 is 5.32 Å². The van der Waals surface area contributed by atoms with Crippen LogP contribution in [-0.4, -0.2) is 73.3 Å². The molecule has 10 nitrogen and oxygen atoms in total. The van der Waals surface area contributed by atoms with E-state index in [9.17, 15) is 14.4 Å². The largest absolute Gasteiger partial charge is 0.370 e. The molecule has 10 heteroatoms. The molecule has 3 amide bonds. The molecule has 2 aliphatic heterocycles. The van der Waals surface area contributed by atoms with Crippen LogP contribution in [-0.2, 0) is 4.79 Å². The SMILES string of the molecule is CC12N=C(c3ccc(NCCC(=O)c4cccnc4)nc3)N=C1C(=O)N(C1CC1)C(=O)N2C1CC1. The van der Waals surface area contributed by atoms with Gasteiger partial charge in [0.15, 0.2) is 23.0 Å². The Morgan fingerprint density at radius 3 is 2.57 bits per heavy atom. The van der Waals surface area contributed by atoms with Crippen LogP contribution in [0.4, 0.5) is 10.6 Å². The van der Waals surface area contributed by atoms with Crippen molar-refractivity contribution in [3.8, 4) is 0 Å². The smallest absolute Gasteiger partial charge is 0.329 e. The molecule has 4 aliphatic rings. The van der Waals surface area contributed by atoms with E-state index in [2.05, 4.69) is 20.3 Å². The van der Waals surface area contributed by atoms with Crippen LogP contribution in [0.5, 0.6) is 0 Å². The van der Waals surface area contributed by atoms with E-state index in [0.717, 1.165) is 25.7 Å². The van der Waals surface area contributed by atoms with Crippen molar-refractivity contribution in [1.82, 2.24) is 19.8 Å². The number of carbonyl (C=O) groups is 3. The standard InChI is InChI=1S/C25H25N7O3/c1-25-21(23(34)31(17-5-6-17)24(35)32(25)18-7-8-18)29-22(30-25)16-4-9-20(28-14-16)27-12-10-19(33)15-3-2-11-26-13-15/h2-4,9,11,13-14,17-18H,5-8,10,12H2,1H3,(H,27,28). The lowest BCUT2D eigenvalue weighted by atomic mass is 10.0. The van der Waals surface area contributed by atoms with Gasteiger partial charge in [-0.05, 0) is 56.9 Å². The molecular weight excluding hydrogens is 446 g/mol. The molecule has 178 valence electrons. The second kappa shape index (κ2) is 8.07. The molecule has 0 aromatic carbocycles. The minimum absolute atomic E-state index is 0.00822. The molecule has 2 aromatic heterocycles. The first-order chi connectivity index (χ1) is 17.0. The van der Waals surface area contributed by atoms with Gasteiger partial charge in [-0.25, -0.2) is 19.8 Å². The molecule has 0 bridgehead atoms. The van der Waals surface area contributed by atoms with Gasteiger partial charge in [0.25, 0.3) is 5.91 Å². The lowest BCUT2D eigenvalue weighted by molar-refractivity contribution is -0.124. The number of amides is 3. The van der Waals surface area contributed by atoms with Crippen LogP contribution < -0.4 is 5.32 Å². The van der Waals surface area contributed by atoms with Crippen LogP contribution in [0.3, 0.4) is 0 Å². The number of pyridine rings is 2. The average Bonchev–Trinajstić information content (AvgIpc) is 3.79. The molecule has 1 saturated heterocycles. The highest BCUT2D eigenvalue weighted by molar-refractivity contribution is 6.49. The van der Waals surface area contributed by atoms with Crippen molar-refractivity contribution in [1.29, 1.82) is 0 Å². The Balaban J connectivity index is 1.18. The number of aliphatic imine (C=N–C) groups is 2. The highest BCUT2D eigenvalue weighted by Crippen LogP contribution is 2.43. The lowest BCUT2D eigenvalue weighted by Gasteiger charge is -2.44. The van der Waals surface area contributed by atoms with Crippen LogP contribution in [0.25, 0.3) is 0 Å². The number of aromatic nitrogens is 2. The summed E-state index contributed by atoms with van der Waals surface area (Å²) in [5.74, 6) is 0.695. The van der Waals surface area contributed by atoms with Crippen molar-refractivity contribution in [2.24, 2.45) is 9.98 Å². The van der Waals surface area contributed by atoms with E-state index < -0.39 is 5.66 Å². The fraction of sp³-hybridized carbons (Fsp3) is 0.400. The monoisotopic (exact) mass is 471 g/mol. The number of urea groups is 1. The Morgan fingerprint density at radius 1 is 1.11 bits per heavy atom. The summed E-state index contributed by atoms with van der Waals surface area (Å²) in [7, 11) is 0. The minimum atomic E-state index is -1.08. The molecule has 2 aliphatic carbocycles. The Bertz CT molecular complexity index is 1270. The van der Waals surface area contributed by atoms with Gasteiger partial charge in [0.2, 0.25) is 0 Å². The number of amidine groups is 1. The van der Waals surface area contributed by atoms with Crippen LogP contribution in [0.2, 0.25) is 0 Å². The zero-order valence-corrected chi connectivity index (χ0v) is 19.3. The maximum atomic E-state index is 13.2. The topological polar surface area (TPSA) is 120 Å². The van der Waals surface area contributed by atoms with Crippen molar-refractivity contribution in [3.63, 3.8) is 0 Å². The molecule has 4 heterocycles. The van der Waals surface area contributed by atoms with Gasteiger partial charge >= 0.3 is 6.03 Å². The molecule has 1 N–H and O–H groups in total. The Labute approximate surface area is 202 Å². The van der Waals surface area contributed by atoms with E-state index in [1.54, 1.807) is 48.6 Å². The van der Waals surface area contributed by atoms with E-state index in [4.69, 9.17) is 4.99 Å². The number of carbonyl (C=O) groups excluding carboxylic acids is 3. The highest BCUT2D eigenvalue weighted by atomic mass is 16.2. The summed E-state index contributed by atoms with van der Waals surface area (Å²) >= 11 is 0. The van der Waals surface area contributed by atoms with Crippen molar-refractivity contribution in [2.45, 2.75) is 56.8 Å². The van der Waals surface area contributed by atoms with Crippen LogP contribution >= 0.6 is 0 Å². The average molecular weight is 472 g/mol. The first-order valence-corrected chi connectivity index (χ1v) is 11.9. The number of rotatable bonds is 8. The fourth-order valence-electron chi connectivity index (χ4n) is 4.65. The highest BCUT2D eigenvalue weighted by Gasteiger charge is 2.60. The third kappa shape index (κ3) is 3.78. The quantitative estimate of drug-likeness (QED) is 0.591. The first-order valence-electron chi connectivity index (χ1n) is 11.9. The molecule has 0 radical (unpaired) electrons. The molecule has 2 saturated carbocycles. The van der Waals surface area contributed by atoms with Gasteiger partial charge in [0, 0.05) is 54.8 Å². The van der Waals surface area contributed by atoms with Gasteiger partial charge in [0.05, 0.1) is 0 Å². The maximum absolute atomic E-state index is 13.2. The molecular formula is C25H25N7O3. The summed E-state index contributed by atoms with van der Waals surface area (Å²) in [6.07, 6.45) is 8.67. The molecule has 1 unspecified atom stereocenters. The number of hydrogen-bond acceptors (Lipinski definition) is 8. The summed E-state index contributed by atoms with van der Waals surface area (Å²) in [5, 5.41) is 3.15. The lowest BCUT2D eigenvalue weighted by Crippen LogP contribution is -2.68. The Hall–Kier alpha value is -3.95. The number of ketones is 1. The number of imide groups is 1. The Morgan fingerprint density at radius 2 is 1.91 bits per heavy atom. The third-order valence-corrected chi connectivity index (χ3v) is 6.78. The number of anilines is 1. The number of nitrogens with one attached hydrogen (secondary N) is 1. The fourth-order valence-corrected chi connectivity index (χ4v) is 4.65. The second-order valence-electron chi connectivity index (χ2n) is 9.48. The summed E-state index contributed by atoms with van der Waals surface area (Å²) in [6, 6.07) is 6.93. The number of Topliss-reactive ketones (excluding diaryl/α,β-unsaturated/α-hetero) is 1. The zero-order chi connectivity index (χ0) is 24.2. The van der Waals surface area contributed by atoms with Crippen LogP contribution in [0, 0.1) is 0 Å². The van der Waals surface area contributed by atoms with E-state index in [1.165, 1.54) is 4.90 Å². The van der Waals surface area contributed by atoms with E-state index >= 15 is 0 Å². The molecule has 0 spiro atoms. The summed E-state index contributed by atoms with van der Waals surface area (Å²) in [4.78, 5) is 59.6. The van der Waals surface area contributed by atoms with Gasteiger partial charge in [0.1, 0.15) is 5.82 Å². The van der Waals surface area contributed by atoms with Crippen molar-refractivity contribution >= 4 is 35.1 Å². The predicted molar refractivity (Wildman–Crippen MR) is 128 cm³/mol. The van der Waals surface area contributed by atoms with Crippen molar-refractivity contribution < 1.29 is 14.4 Å². The molecule has 2 aromatic rings. The predicted octanol–water partition coefficient (Wildman–Crippen LogP) is 2.67. The van der Waals surface area contributed by atoms with E-state index in [1.807, 2.05) is 6.07 Å². The van der Waals surface area contributed by atoms with Gasteiger partial charge in [-0.3, -0.25) is 24.4 Å². The van der Waals surface area contributed by atoms with E-state index in [-0.39, 0.29) is 29.8 Å². The van der Waals surface area contributed by atoms with Gasteiger partial charge in [-0.15, -0.1) is 0 Å². The summed E-state index contributed by atoms with van der Waals surface area (Å²) in [6.45, 7) is 2.24. The number of nitrogens with zero attached hydrogens (tertiary/aromatic N) is 6. The second-order valence-corrected chi connectivity index (χ2v) is 9.48. The van der Waals surface area contributed by atoms with Gasteiger partial charge in [-0.2, -0.15) is 0 Å². The maximum Gasteiger partial charge on any atom is 0.329 e. The number of fused-ring (bicyclic) bond motifs is 1. The van der Waals surface area contributed by atoms with E-state index in [0.29, 0.717) is 41.5 Å². The minimum Gasteiger partial charge on any atom is -0.370 e. The number of hydrogen-bond donors (Lipinski definition) is 1. The normalized spacial score (nSPS) is 23.7. The molecule has 35 heavy (non-hydrogen) atoms. The third-order valence-electron chi connectivity index (χ3n) is 6.78. The molecule has 6 rings (SSSR count). The summed E-state index contributed by atoms with van der Waals surface area (Å²) < 4.78 is 0. The van der Waals surface area contributed by atoms with Crippen molar-refractivity contribution in [2.75, 3.05) is 11.9 Å². The van der Waals surface area contributed by atoms with Crippen LogP contribution in [0.15, 0.2) is 52.8 Å². The van der Waals surface area contributed by atoms with Crippen molar-refractivity contribution in [3.05, 3.63) is 54.0 Å². The molecule has 1 atom stereocenters. The Kier molecular flexibility index (Phi) is 4.98. The summed E-state index contributed by atoms with van der Waals surface area (Å²) in [5.41, 5.74) is 0.472. The van der Waals surface area contributed by atoms with Gasteiger partial charge in [-0.1, -0.05) is 0 Å². The van der Waals surface area contributed by atoms with Crippen LogP contribution in [0.1, 0.15) is 54.9 Å². The zero-order valence-electron chi connectivity index (χ0n) is 19.3.